The molecule has 1 aromatic heterocycles. The van der Waals surface area contributed by atoms with Gasteiger partial charge in [0.1, 0.15) is 5.75 Å². The molecule has 0 fully saturated rings. The highest BCUT2D eigenvalue weighted by atomic mass is 32.1. The molecule has 0 saturated carbocycles. The van der Waals surface area contributed by atoms with E-state index in [1.54, 1.807) is 13.2 Å². The molecule has 0 radical (unpaired) electrons. The number of rotatable bonds is 5. The first-order chi connectivity index (χ1) is 9.58. The Morgan fingerprint density at radius 1 is 1.40 bits per heavy atom. The molecule has 0 saturated heterocycles. The normalized spacial score (nSPS) is 10.9. The Balaban J connectivity index is 2.13. The van der Waals surface area contributed by atoms with Gasteiger partial charge in [0.25, 0.3) is 0 Å². The van der Waals surface area contributed by atoms with E-state index in [0.717, 1.165) is 39.4 Å². The van der Waals surface area contributed by atoms with Crippen LogP contribution >= 0.6 is 11.3 Å². The Hall–Kier alpha value is -2.14. The minimum Gasteiger partial charge on any atom is -0.497 e. The van der Waals surface area contributed by atoms with Gasteiger partial charge in [0.2, 0.25) is 0 Å². The number of aliphatic carboxylic acids is 1. The fourth-order valence-electron chi connectivity index (χ4n) is 1.76. The maximum atomic E-state index is 10.5. The van der Waals surface area contributed by atoms with Crippen LogP contribution in [0.4, 0.5) is 0 Å². The molecule has 20 heavy (non-hydrogen) atoms. The third-order valence-electron chi connectivity index (χ3n) is 2.77. The van der Waals surface area contributed by atoms with E-state index in [1.807, 2.05) is 31.2 Å². The number of hydrogen-bond acceptors (Lipinski definition) is 4. The maximum Gasteiger partial charge on any atom is 0.328 e. The van der Waals surface area contributed by atoms with Gasteiger partial charge in [-0.1, -0.05) is 12.1 Å². The predicted molar refractivity (Wildman–Crippen MR) is 79.3 cm³/mol. The van der Waals surface area contributed by atoms with Crippen molar-refractivity contribution in [2.75, 3.05) is 7.11 Å². The molecule has 2 aromatic rings. The van der Waals surface area contributed by atoms with E-state index >= 15 is 0 Å². The molecule has 0 atom stereocenters. The van der Waals surface area contributed by atoms with E-state index in [-0.39, 0.29) is 0 Å². The average molecular weight is 289 g/mol. The van der Waals surface area contributed by atoms with E-state index in [0.29, 0.717) is 0 Å². The molecule has 0 aliphatic heterocycles. The van der Waals surface area contributed by atoms with Gasteiger partial charge >= 0.3 is 5.97 Å². The highest BCUT2D eigenvalue weighted by Crippen LogP contribution is 2.23. The zero-order chi connectivity index (χ0) is 14.5. The molecule has 1 N–H and O–H groups in total. The molecule has 2 rings (SSSR count). The van der Waals surface area contributed by atoms with Crippen LogP contribution in [-0.4, -0.2) is 23.2 Å². The largest absolute Gasteiger partial charge is 0.497 e. The Morgan fingerprint density at radius 2 is 2.10 bits per heavy atom. The van der Waals surface area contributed by atoms with E-state index < -0.39 is 5.97 Å². The summed E-state index contributed by atoms with van der Waals surface area (Å²) in [7, 11) is 1.64. The van der Waals surface area contributed by atoms with Gasteiger partial charge in [0.05, 0.1) is 22.7 Å². The summed E-state index contributed by atoms with van der Waals surface area (Å²) in [6.45, 7) is 1.88. The summed E-state index contributed by atoms with van der Waals surface area (Å²) >= 11 is 1.51. The minimum absolute atomic E-state index is 0.733. The standard InChI is InChI=1S/C15H15NO3S/c1-10-13(7-8-15(17)18)20-14(16-10)9-11-3-5-12(19-2)6-4-11/h3-8H,9H2,1-2H3,(H,17,18)/b8-7+. The number of carbonyl (C=O) groups is 1. The zero-order valence-electron chi connectivity index (χ0n) is 11.3. The molecule has 0 aliphatic rings. The van der Waals surface area contributed by atoms with E-state index in [1.165, 1.54) is 11.3 Å². The van der Waals surface area contributed by atoms with Crippen LogP contribution < -0.4 is 4.74 Å². The molecular formula is C15H15NO3S. The van der Waals surface area contributed by atoms with Crippen LogP contribution in [0.5, 0.6) is 5.75 Å². The van der Waals surface area contributed by atoms with Crippen LogP contribution in [0.2, 0.25) is 0 Å². The first kappa shape index (κ1) is 14.3. The average Bonchev–Trinajstić information content (AvgIpc) is 2.77. The number of ether oxygens (including phenoxy) is 1. The lowest BCUT2D eigenvalue weighted by Crippen LogP contribution is -1.88. The summed E-state index contributed by atoms with van der Waals surface area (Å²) in [5, 5.41) is 9.61. The number of carboxylic acids is 1. The molecule has 1 aromatic carbocycles. The second kappa shape index (κ2) is 6.34. The van der Waals surface area contributed by atoms with Gasteiger partial charge in [0.15, 0.2) is 0 Å². The Labute approximate surface area is 121 Å². The van der Waals surface area contributed by atoms with Crippen molar-refractivity contribution in [3.05, 3.63) is 51.5 Å². The van der Waals surface area contributed by atoms with Gasteiger partial charge in [-0.25, -0.2) is 9.78 Å². The minimum atomic E-state index is -0.950. The van der Waals surface area contributed by atoms with E-state index in [2.05, 4.69) is 4.98 Å². The summed E-state index contributed by atoms with van der Waals surface area (Å²) < 4.78 is 5.12. The summed E-state index contributed by atoms with van der Waals surface area (Å²) in [6, 6.07) is 7.84. The van der Waals surface area contributed by atoms with Crippen molar-refractivity contribution in [3.8, 4) is 5.75 Å². The topological polar surface area (TPSA) is 59.4 Å². The summed E-state index contributed by atoms with van der Waals surface area (Å²) in [4.78, 5) is 15.9. The number of aromatic nitrogens is 1. The van der Waals surface area contributed by atoms with Crippen LogP contribution in [-0.2, 0) is 11.2 Å². The number of carboxylic acid groups (broad SMARTS) is 1. The van der Waals surface area contributed by atoms with Crippen LogP contribution in [0.15, 0.2) is 30.3 Å². The van der Waals surface area contributed by atoms with Crippen LogP contribution in [0.1, 0.15) is 21.1 Å². The fourth-order valence-corrected chi connectivity index (χ4v) is 2.77. The Kier molecular flexibility index (Phi) is 4.53. The van der Waals surface area contributed by atoms with Gasteiger partial charge in [-0.05, 0) is 30.7 Å². The molecule has 0 aliphatic carbocycles. The second-order valence-corrected chi connectivity index (χ2v) is 5.37. The van der Waals surface area contributed by atoms with Crippen molar-refractivity contribution in [2.24, 2.45) is 0 Å². The van der Waals surface area contributed by atoms with Gasteiger partial charge in [0, 0.05) is 12.5 Å². The first-order valence-electron chi connectivity index (χ1n) is 6.08. The second-order valence-electron chi connectivity index (χ2n) is 4.25. The van der Waals surface area contributed by atoms with Crippen LogP contribution in [0, 0.1) is 6.92 Å². The molecule has 1 heterocycles. The molecule has 0 unspecified atom stereocenters. The molecule has 104 valence electrons. The lowest BCUT2D eigenvalue weighted by Gasteiger charge is -2.01. The van der Waals surface area contributed by atoms with Gasteiger partial charge < -0.3 is 9.84 Å². The molecule has 4 nitrogen and oxygen atoms in total. The van der Waals surface area contributed by atoms with Crippen molar-refractivity contribution in [2.45, 2.75) is 13.3 Å². The maximum absolute atomic E-state index is 10.5. The molecular weight excluding hydrogens is 274 g/mol. The summed E-state index contributed by atoms with van der Waals surface area (Å²) in [6.07, 6.45) is 3.46. The third kappa shape index (κ3) is 3.68. The Bertz CT molecular complexity index is 629. The Morgan fingerprint density at radius 3 is 2.70 bits per heavy atom. The SMILES string of the molecule is COc1ccc(Cc2nc(C)c(/C=C/C(=O)O)s2)cc1. The number of aryl methyl sites for hydroxylation is 1. The van der Waals surface area contributed by atoms with Crippen LogP contribution in [0.25, 0.3) is 6.08 Å². The van der Waals surface area contributed by atoms with E-state index in [4.69, 9.17) is 9.84 Å². The van der Waals surface area contributed by atoms with Gasteiger partial charge in [-0.15, -0.1) is 11.3 Å². The highest BCUT2D eigenvalue weighted by Gasteiger charge is 2.06. The zero-order valence-corrected chi connectivity index (χ0v) is 12.1. The number of thiazole rings is 1. The lowest BCUT2D eigenvalue weighted by atomic mass is 10.1. The van der Waals surface area contributed by atoms with Crippen LogP contribution in [0.3, 0.4) is 0 Å². The van der Waals surface area contributed by atoms with Crippen molar-refractivity contribution in [1.82, 2.24) is 4.98 Å². The molecule has 0 spiro atoms. The smallest absolute Gasteiger partial charge is 0.328 e. The first-order valence-corrected chi connectivity index (χ1v) is 6.90. The highest BCUT2D eigenvalue weighted by molar-refractivity contribution is 7.12. The van der Waals surface area contributed by atoms with Gasteiger partial charge in [-0.2, -0.15) is 0 Å². The number of hydrogen-bond donors (Lipinski definition) is 1. The quantitative estimate of drug-likeness (QED) is 0.859. The molecule has 0 bridgehead atoms. The predicted octanol–water partition coefficient (Wildman–Crippen LogP) is 3.15. The van der Waals surface area contributed by atoms with Crippen molar-refractivity contribution in [3.63, 3.8) is 0 Å². The fraction of sp³-hybridized carbons (Fsp3) is 0.200. The monoisotopic (exact) mass is 289 g/mol. The number of nitrogens with zero attached hydrogens (tertiary/aromatic N) is 1. The molecule has 5 heteroatoms. The van der Waals surface area contributed by atoms with Crippen molar-refractivity contribution < 1.29 is 14.6 Å². The lowest BCUT2D eigenvalue weighted by molar-refractivity contribution is -0.131. The third-order valence-corrected chi connectivity index (χ3v) is 3.89. The van der Waals surface area contributed by atoms with E-state index in [9.17, 15) is 4.79 Å². The van der Waals surface area contributed by atoms with Crippen molar-refractivity contribution in [1.29, 1.82) is 0 Å². The number of benzene rings is 1. The number of methoxy groups -OCH3 is 1. The summed E-state index contributed by atoms with van der Waals surface area (Å²) in [5.41, 5.74) is 2.00. The molecule has 0 amide bonds. The van der Waals surface area contributed by atoms with Gasteiger partial charge in [-0.3, -0.25) is 0 Å². The summed E-state index contributed by atoms with van der Waals surface area (Å²) in [5.74, 6) is -0.122. The van der Waals surface area contributed by atoms with Crippen molar-refractivity contribution >= 4 is 23.4 Å².